The molecule has 2 N–H and O–H groups in total. The van der Waals surface area contributed by atoms with Crippen LogP contribution >= 0.6 is 0 Å². The zero-order chi connectivity index (χ0) is 14.9. The highest BCUT2D eigenvalue weighted by Gasteiger charge is 2.17. The van der Waals surface area contributed by atoms with Crippen molar-refractivity contribution in [2.24, 2.45) is 5.73 Å². The van der Waals surface area contributed by atoms with Gasteiger partial charge < -0.3 is 10.6 Å². The zero-order valence-corrected chi connectivity index (χ0v) is 11.9. The highest BCUT2D eigenvalue weighted by atomic mass is 19.2. The minimum absolute atomic E-state index is 0.0176. The molecule has 2 aromatic rings. The number of nitrogens with two attached hydrogens (primary N) is 1. The number of benzene rings is 2. The van der Waals surface area contributed by atoms with Crippen molar-refractivity contribution in [1.82, 2.24) is 0 Å². The van der Waals surface area contributed by atoms with Crippen molar-refractivity contribution >= 4 is 11.4 Å². The van der Waals surface area contributed by atoms with Gasteiger partial charge in [-0.25, -0.2) is 8.78 Å². The smallest absolute Gasteiger partial charge is 0.182 e. The van der Waals surface area contributed by atoms with E-state index in [4.69, 9.17) is 5.73 Å². The molecule has 2 aromatic carbocycles. The summed E-state index contributed by atoms with van der Waals surface area (Å²) in [4.78, 5) is 1.65. The molecule has 0 saturated heterocycles. The number of rotatable bonds is 3. The third-order valence-corrected chi connectivity index (χ3v) is 3.44. The first-order chi connectivity index (χ1) is 9.45. The van der Waals surface area contributed by atoms with Gasteiger partial charge in [-0.3, -0.25) is 0 Å². The fourth-order valence-corrected chi connectivity index (χ4v) is 2.31. The third-order valence-electron chi connectivity index (χ3n) is 3.44. The molecular formula is C16H18F2N2. The lowest BCUT2D eigenvalue weighted by molar-refractivity contribution is 0.500. The molecule has 20 heavy (non-hydrogen) atoms. The first-order valence-electron chi connectivity index (χ1n) is 6.43. The number of halogens is 2. The van der Waals surface area contributed by atoms with Gasteiger partial charge in [0.05, 0.1) is 5.69 Å². The fourth-order valence-electron chi connectivity index (χ4n) is 2.31. The van der Waals surface area contributed by atoms with Gasteiger partial charge in [-0.05, 0) is 31.5 Å². The summed E-state index contributed by atoms with van der Waals surface area (Å²) < 4.78 is 27.9. The quantitative estimate of drug-likeness (QED) is 0.923. The van der Waals surface area contributed by atoms with Gasteiger partial charge in [0.2, 0.25) is 0 Å². The largest absolute Gasteiger partial charge is 0.342 e. The Morgan fingerprint density at radius 1 is 1.00 bits per heavy atom. The van der Waals surface area contributed by atoms with Gasteiger partial charge >= 0.3 is 0 Å². The zero-order valence-electron chi connectivity index (χ0n) is 11.9. The second-order valence-electron chi connectivity index (χ2n) is 4.92. The molecule has 4 heteroatoms. The molecule has 0 unspecified atom stereocenters. The van der Waals surface area contributed by atoms with Crippen molar-refractivity contribution in [2.75, 3.05) is 11.9 Å². The molecule has 2 nitrogen and oxygen atoms in total. The minimum Gasteiger partial charge on any atom is -0.342 e. The molecule has 0 spiro atoms. The summed E-state index contributed by atoms with van der Waals surface area (Å²) in [5, 5.41) is 0. The van der Waals surface area contributed by atoms with Crippen LogP contribution in [-0.2, 0) is 6.54 Å². The second-order valence-corrected chi connectivity index (χ2v) is 4.92. The SMILES string of the molecule is Cc1ccc(N(C)c2ccc(CN)c(F)c2F)c(C)c1. The topological polar surface area (TPSA) is 29.3 Å². The molecule has 0 amide bonds. The van der Waals surface area contributed by atoms with E-state index in [1.54, 1.807) is 18.0 Å². The maximum atomic E-state index is 14.1. The van der Waals surface area contributed by atoms with Crippen molar-refractivity contribution < 1.29 is 8.78 Å². The number of nitrogens with zero attached hydrogens (tertiary/aromatic N) is 1. The van der Waals surface area contributed by atoms with Crippen LogP contribution in [0, 0.1) is 25.5 Å². The van der Waals surface area contributed by atoms with Gasteiger partial charge in [0.1, 0.15) is 0 Å². The highest BCUT2D eigenvalue weighted by molar-refractivity contribution is 5.66. The Morgan fingerprint density at radius 3 is 2.25 bits per heavy atom. The standard InChI is InChI=1S/C16H18F2N2/c1-10-4-6-13(11(2)8-10)20(3)14-7-5-12(9-19)15(17)16(14)18/h4-8H,9,19H2,1-3H3. The lowest BCUT2D eigenvalue weighted by atomic mass is 10.1. The predicted molar refractivity (Wildman–Crippen MR) is 78.2 cm³/mol. The van der Waals surface area contributed by atoms with Gasteiger partial charge in [0, 0.05) is 24.8 Å². The number of aryl methyl sites for hydroxylation is 2. The molecule has 0 radical (unpaired) electrons. The minimum atomic E-state index is -0.874. The van der Waals surface area contributed by atoms with Crippen molar-refractivity contribution in [2.45, 2.75) is 20.4 Å². The summed E-state index contributed by atoms with van der Waals surface area (Å²) in [6.07, 6.45) is 0. The van der Waals surface area contributed by atoms with Crippen LogP contribution in [0.2, 0.25) is 0 Å². The van der Waals surface area contributed by atoms with Crippen molar-refractivity contribution in [3.8, 4) is 0 Å². The lowest BCUT2D eigenvalue weighted by Crippen LogP contribution is -2.14. The van der Waals surface area contributed by atoms with Gasteiger partial charge in [0.15, 0.2) is 11.6 Å². The Balaban J connectivity index is 2.48. The number of hydrogen-bond donors (Lipinski definition) is 1. The maximum absolute atomic E-state index is 14.1. The van der Waals surface area contributed by atoms with Gasteiger partial charge in [-0.1, -0.05) is 23.8 Å². The molecule has 0 saturated carbocycles. The van der Waals surface area contributed by atoms with Crippen LogP contribution in [0.3, 0.4) is 0 Å². The second kappa shape index (κ2) is 5.59. The van der Waals surface area contributed by atoms with Gasteiger partial charge in [-0.15, -0.1) is 0 Å². The molecule has 0 aliphatic rings. The Labute approximate surface area is 117 Å². The van der Waals surface area contributed by atoms with Crippen molar-refractivity contribution in [1.29, 1.82) is 0 Å². The van der Waals surface area contributed by atoms with Crippen LogP contribution in [-0.4, -0.2) is 7.05 Å². The van der Waals surface area contributed by atoms with E-state index in [2.05, 4.69) is 0 Å². The molecule has 0 bridgehead atoms. The summed E-state index contributed by atoms with van der Waals surface area (Å²) in [7, 11) is 1.72. The van der Waals surface area contributed by atoms with E-state index in [-0.39, 0.29) is 17.8 Å². The van der Waals surface area contributed by atoms with Crippen LogP contribution in [0.1, 0.15) is 16.7 Å². The molecule has 0 aliphatic heterocycles. The summed E-state index contributed by atoms with van der Waals surface area (Å²) in [6, 6.07) is 8.93. The molecular weight excluding hydrogens is 258 g/mol. The maximum Gasteiger partial charge on any atom is 0.182 e. The molecule has 2 rings (SSSR count). The van der Waals surface area contributed by atoms with Crippen LogP contribution in [0.15, 0.2) is 30.3 Å². The monoisotopic (exact) mass is 276 g/mol. The highest BCUT2D eigenvalue weighted by Crippen LogP contribution is 2.31. The Kier molecular flexibility index (Phi) is 4.04. The molecule has 0 fully saturated rings. The van der Waals surface area contributed by atoms with E-state index in [0.29, 0.717) is 0 Å². The Hall–Kier alpha value is -1.94. The van der Waals surface area contributed by atoms with Crippen LogP contribution in [0.5, 0.6) is 0 Å². The molecule has 106 valence electrons. The first kappa shape index (κ1) is 14.5. The molecule has 0 aliphatic carbocycles. The lowest BCUT2D eigenvalue weighted by Gasteiger charge is -2.23. The Morgan fingerprint density at radius 2 is 1.65 bits per heavy atom. The average Bonchev–Trinajstić information content (AvgIpc) is 2.41. The van der Waals surface area contributed by atoms with Crippen molar-refractivity contribution in [3.63, 3.8) is 0 Å². The van der Waals surface area contributed by atoms with Crippen LogP contribution < -0.4 is 10.6 Å². The third kappa shape index (κ3) is 2.51. The number of anilines is 2. The molecule has 0 atom stereocenters. The average molecular weight is 276 g/mol. The first-order valence-corrected chi connectivity index (χ1v) is 6.43. The summed E-state index contributed by atoms with van der Waals surface area (Å²) in [5.74, 6) is -1.74. The van der Waals surface area contributed by atoms with E-state index in [9.17, 15) is 8.78 Å². The summed E-state index contributed by atoms with van der Waals surface area (Å²) >= 11 is 0. The summed E-state index contributed by atoms with van der Waals surface area (Å²) in [5.41, 5.74) is 8.74. The van der Waals surface area contributed by atoms with E-state index in [1.165, 1.54) is 6.07 Å². The fraction of sp³-hybridized carbons (Fsp3) is 0.250. The van der Waals surface area contributed by atoms with Gasteiger partial charge in [0.25, 0.3) is 0 Å². The molecule has 0 aromatic heterocycles. The van der Waals surface area contributed by atoms with Crippen LogP contribution in [0.25, 0.3) is 0 Å². The molecule has 0 heterocycles. The summed E-state index contributed by atoms with van der Waals surface area (Å²) in [6.45, 7) is 3.92. The number of hydrogen-bond acceptors (Lipinski definition) is 2. The Bertz CT molecular complexity index is 639. The van der Waals surface area contributed by atoms with Crippen molar-refractivity contribution in [3.05, 3.63) is 58.7 Å². The van der Waals surface area contributed by atoms with E-state index < -0.39 is 11.6 Å². The van der Waals surface area contributed by atoms with Gasteiger partial charge in [-0.2, -0.15) is 0 Å². The van der Waals surface area contributed by atoms with E-state index in [0.717, 1.165) is 16.8 Å². The normalized spacial score (nSPS) is 10.7. The van der Waals surface area contributed by atoms with E-state index >= 15 is 0 Å². The van der Waals surface area contributed by atoms with E-state index in [1.807, 2.05) is 32.0 Å². The van der Waals surface area contributed by atoms with Crippen LogP contribution in [0.4, 0.5) is 20.2 Å². The predicted octanol–water partition coefficient (Wildman–Crippen LogP) is 3.81.